The van der Waals surface area contributed by atoms with Crippen LogP contribution in [0, 0.1) is 23.7 Å². The van der Waals surface area contributed by atoms with Crippen LogP contribution in [-0.2, 0) is 0 Å². The van der Waals surface area contributed by atoms with Crippen LogP contribution >= 0.6 is 0 Å². The SMILES string of the molecule is CC[C@@H](N)c1cncn1C1C2C3CCC(C3)C21. The zero-order valence-electron chi connectivity index (χ0n) is 10.4. The van der Waals surface area contributed by atoms with Crippen LogP contribution < -0.4 is 5.73 Å². The summed E-state index contributed by atoms with van der Waals surface area (Å²) in [4.78, 5) is 4.33. The lowest BCUT2D eigenvalue weighted by atomic mass is 10.0. The summed E-state index contributed by atoms with van der Waals surface area (Å²) in [7, 11) is 0. The van der Waals surface area contributed by atoms with Crippen molar-refractivity contribution in [3.05, 3.63) is 18.2 Å². The van der Waals surface area contributed by atoms with E-state index in [0.29, 0.717) is 0 Å². The number of imidazole rings is 1. The molecular formula is C14H21N3. The smallest absolute Gasteiger partial charge is 0.0951 e. The highest BCUT2D eigenvalue weighted by molar-refractivity contribution is 5.19. The molecule has 1 heterocycles. The molecule has 1 aromatic rings. The van der Waals surface area contributed by atoms with Gasteiger partial charge >= 0.3 is 0 Å². The van der Waals surface area contributed by atoms with Gasteiger partial charge in [0.2, 0.25) is 0 Å². The van der Waals surface area contributed by atoms with E-state index in [4.69, 9.17) is 5.73 Å². The lowest BCUT2D eigenvalue weighted by Crippen LogP contribution is -2.15. The average Bonchev–Trinajstić information content (AvgIpc) is 2.81. The minimum Gasteiger partial charge on any atom is -0.329 e. The lowest BCUT2D eigenvalue weighted by molar-refractivity contribution is 0.439. The summed E-state index contributed by atoms with van der Waals surface area (Å²) in [6, 6.07) is 0.910. The highest BCUT2D eigenvalue weighted by Gasteiger charge is 2.65. The molecule has 0 aliphatic heterocycles. The molecule has 4 unspecified atom stereocenters. The van der Waals surface area contributed by atoms with E-state index in [1.54, 1.807) is 0 Å². The van der Waals surface area contributed by atoms with Gasteiger partial charge in [-0.25, -0.2) is 4.98 Å². The van der Waals surface area contributed by atoms with Crippen LogP contribution in [0.1, 0.15) is 50.4 Å². The van der Waals surface area contributed by atoms with Gasteiger partial charge in [0.1, 0.15) is 0 Å². The molecule has 0 spiro atoms. The first-order chi connectivity index (χ1) is 8.31. The summed E-state index contributed by atoms with van der Waals surface area (Å²) in [5.74, 6) is 3.96. The van der Waals surface area contributed by atoms with Crippen molar-refractivity contribution in [3.8, 4) is 0 Å². The van der Waals surface area contributed by atoms with Crippen molar-refractivity contribution in [2.75, 3.05) is 0 Å². The fourth-order valence-electron chi connectivity index (χ4n) is 4.71. The Hall–Kier alpha value is -0.830. The Morgan fingerprint density at radius 1 is 1.41 bits per heavy atom. The molecule has 2 bridgehead atoms. The molecule has 3 aliphatic carbocycles. The first-order valence-corrected chi connectivity index (χ1v) is 7.08. The Morgan fingerprint density at radius 3 is 2.76 bits per heavy atom. The Morgan fingerprint density at radius 2 is 2.12 bits per heavy atom. The minimum absolute atomic E-state index is 0.163. The molecule has 5 atom stereocenters. The molecule has 0 amide bonds. The van der Waals surface area contributed by atoms with Gasteiger partial charge in [-0.05, 0) is 49.4 Å². The summed E-state index contributed by atoms with van der Waals surface area (Å²) in [5.41, 5.74) is 7.44. The van der Waals surface area contributed by atoms with E-state index in [2.05, 4.69) is 16.5 Å². The molecule has 3 heteroatoms. The van der Waals surface area contributed by atoms with Gasteiger partial charge in [-0.1, -0.05) is 6.92 Å². The standard InChI is InChI=1S/C14H21N3/c1-2-10(15)11-6-16-7-17(11)14-12-8-3-4-9(5-8)13(12)14/h6-10,12-14H,2-5,15H2,1H3/t8?,9?,10-,12?,13?,14?/m1/s1. The highest BCUT2D eigenvalue weighted by atomic mass is 15.1. The van der Waals surface area contributed by atoms with Crippen molar-refractivity contribution >= 4 is 0 Å². The van der Waals surface area contributed by atoms with Crippen molar-refractivity contribution in [2.24, 2.45) is 29.4 Å². The summed E-state index contributed by atoms with van der Waals surface area (Å²) < 4.78 is 2.41. The van der Waals surface area contributed by atoms with E-state index < -0.39 is 0 Å². The number of nitrogens with zero attached hydrogens (tertiary/aromatic N) is 2. The van der Waals surface area contributed by atoms with Gasteiger partial charge in [-0.15, -0.1) is 0 Å². The third kappa shape index (κ3) is 1.23. The van der Waals surface area contributed by atoms with Crippen LogP contribution in [0.4, 0.5) is 0 Å². The molecule has 0 radical (unpaired) electrons. The molecule has 2 N–H and O–H groups in total. The monoisotopic (exact) mass is 231 g/mol. The molecule has 1 aromatic heterocycles. The van der Waals surface area contributed by atoms with Gasteiger partial charge < -0.3 is 10.3 Å². The minimum atomic E-state index is 0.163. The third-order valence-corrected chi connectivity index (χ3v) is 5.53. The number of nitrogens with two attached hydrogens (primary N) is 1. The summed E-state index contributed by atoms with van der Waals surface area (Å²) >= 11 is 0. The number of aromatic nitrogens is 2. The molecule has 3 fully saturated rings. The fourth-order valence-corrected chi connectivity index (χ4v) is 4.71. The summed E-state index contributed by atoms with van der Waals surface area (Å²) in [6.45, 7) is 2.15. The molecule has 17 heavy (non-hydrogen) atoms. The third-order valence-electron chi connectivity index (χ3n) is 5.53. The molecule has 3 nitrogen and oxygen atoms in total. The van der Waals surface area contributed by atoms with Gasteiger partial charge in [0, 0.05) is 18.3 Å². The topological polar surface area (TPSA) is 43.8 Å². The van der Waals surface area contributed by atoms with Gasteiger partial charge in [0.25, 0.3) is 0 Å². The van der Waals surface area contributed by atoms with E-state index in [1.165, 1.54) is 25.0 Å². The molecule has 0 aromatic carbocycles. The average molecular weight is 231 g/mol. The molecule has 4 rings (SSSR count). The van der Waals surface area contributed by atoms with E-state index in [-0.39, 0.29) is 6.04 Å². The number of hydrogen-bond donors (Lipinski definition) is 1. The number of rotatable bonds is 3. The van der Waals surface area contributed by atoms with Crippen LogP contribution in [0.25, 0.3) is 0 Å². The predicted octanol–water partition coefficient (Wildman–Crippen LogP) is 2.51. The maximum absolute atomic E-state index is 6.18. The Balaban J connectivity index is 1.63. The molecule has 92 valence electrons. The second kappa shape index (κ2) is 3.35. The highest BCUT2D eigenvalue weighted by Crippen LogP contribution is 2.71. The fraction of sp³-hybridized carbons (Fsp3) is 0.786. The summed E-state index contributed by atoms with van der Waals surface area (Å²) in [6.07, 6.45) is 9.46. The van der Waals surface area contributed by atoms with Crippen molar-refractivity contribution in [2.45, 2.75) is 44.7 Å². The van der Waals surface area contributed by atoms with Gasteiger partial charge in [-0.2, -0.15) is 0 Å². The summed E-state index contributed by atoms with van der Waals surface area (Å²) in [5, 5.41) is 0. The normalized spacial score (nSPS) is 43.8. The molecule has 3 saturated carbocycles. The van der Waals surface area contributed by atoms with Crippen molar-refractivity contribution in [3.63, 3.8) is 0 Å². The van der Waals surface area contributed by atoms with E-state index in [9.17, 15) is 0 Å². The van der Waals surface area contributed by atoms with Gasteiger partial charge in [-0.3, -0.25) is 0 Å². The lowest BCUT2D eigenvalue weighted by Gasteiger charge is -2.16. The number of hydrogen-bond acceptors (Lipinski definition) is 2. The predicted molar refractivity (Wildman–Crippen MR) is 66.3 cm³/mol. The van der Waals surface area contributed by atoms with Crippen molar-refractivity contribution in [1.29, 1.82) is 0 Å². The second-order valence-electron chi connectivity index (χ2n) is 6.22. The Kier molecular flexibility index (Phi) is 1.99. The van der Waals surface area contributed by atoms with Crippen LogP contribution in [0.2, 0.25) is 0 Å². The zero-order chi connectivity index (χ0) is 11.6. The largest absolute Gasteiger partial charge is 0.329 e. The maximum atomic E-state index is 6.18. The van der Waals surface area contributed by atoms with Gasteiger partial charge in [0.05, 0.1) is 12.0 Å². The first kappa shape index (κ1) is 10.1. The second-order valence-corrected chi connectivity index (χ2v) is 6.22. The van der Waals surface area contributed by atoms with Crippen LogP contribution in [-0.4, -0.2) is 9.55 Å². The zero-order valence-corrected chi connectivity index (χ0v) is 10.4. The Bertz CT molecular complexity index is 422. The van der Waals surface area contributed by atoms with E-state index >= 15 is 0 Å². The van der Waals surface area contributed by atoms with Crippen molar-refractivity contribution in [1.82, 2.24) is 9.55 Å². The van der Waals surface area contributed by atoms with Gasteiger partial charge in [0.15, 0.2) is 0 Å². The van der Waals surface area contributed by atoms with Crippen LogP contribution in [0.5, 0.6) is 0 Å². The molecule has 3 aliphatic rings. The Labute approximate surface area is 102 Å². The van der Waals surface area contributed by atoms with E-state index in [0.717, 1.165) is 36.1 Å². The molecule has 0 saturated heterocycles. The first-order valence-electron chi connectivity index (χ1n) is 7.08. The van der Waals surface area contributed by atoms with Crippen molar-refractivity contribution < 1.29 is 0 Å². The maximum Gasteiger partial charge on any atom is 0.0951 e. The van der Waals surface area contributed by atoms with Crippen LogP contribution in [0.3, 0.4) is 0 Å². The van der Waals surface area contributed by atoms with Crippen LogP contribution in [0.15, 0.2) is 12.5 Å². The number of fused-ring (bicyclic) bond motifs is 5. The molecular weight excluding hydrogens is 210 g/mol. The quantitative estimate of drug-likeness (QED) is 0.868. The van der Waals surface area contributed by atoms with E-state index in [1.807, 2.05) is 12.5 Å².